The summed E-state index contributed by atoms with van der Waals surface area (Å²) >= 11 is 7.63. The Kier molecular flexibility index (Phi) is 7.33. The second kappa shape index (κ2) is 8.50. The van der Waals surface area contributed by atoms with Crippen molar-refractivity contribution in [1.82, 2.24) is 0 Å². The van der Waals surface area contributed by atoms with Crippen LogP contribution in [0.15, 0.2) is 58.6 Å². The van der Waals surface area contributed by atoms with Crippen molar-refractivity contribution >= 4 is 23.4 Å². The molecule has 0 radical (unpaired) electrons. The van der Waals surface area contributed by atoms with Gasteiger partial charge in [-0.15, -0.1) is 23.4 Å². The van der Waals surface area contributed by atoms with E-state index in [1.807, 2.05) is 23.9 Å². The van der Waals surface area contributed by atoms with E-state index < -0.39 is 0 Å². The summed E-state index contributed by atoms with van der Waals surface area (Å²) in [6, 6.07) is 0. The summed E-state index contributed by atoms with van der Waals surface area (Å²) in [6.45, 7) is 10.6. The molecule has 0 amide bonds. The van der Waals surface area contributed by atoms with Crippen LogP contribution in [0.25, 0.3) is 0 Å². The minimum atomic E-state index is 0.467. The van der Waals surface area contributed by atoms with Gasteiger partial charge in [0.25, 0.3) is 0 Å². The maximum absolute atomic E-state index is 5.75. The Labute approximate surface area is 127 Å². The third-order valence-corrected chi connectivity index (χ3v) is 4.92. The van der Waals surface area contributed by atoms with Gasteiger partial charge in [-0.1, -0.05) is 49.5 Å². The van der Waals surface area contributed by atoms with Gasteiger partial charge >= 0.3 is 0 Å². The molecule has 1 atom stereocenters. The van der Waals surface area contributed by atoms with Crippen LogP contribution in [0.1, 0.15) is 27.2 Å². The second-order valence-electron chi connectivity index (χ2n) is 4.64. The fourth-order valence-electron chi connectivity index (χ4n) is 2.19. The van der Waals surface area contributed by atoms with Crippen LogP contribution < -0.4 is 0 Å². The highest BCUT2D eigenvalue weighted by Crippen LogP contribution is 2.38. The molecular formula is C17H23ClS. The highest BCUT2D eigenvalue weighted by Gasteiger charge is 2.19. The van der Waals surface area contributed by atoms with Crippen molar-refractivity contribution in [2.45, 2.75) is 27.2 Å². The van der Waals surface area contributed by atoms with Gasteiger partial charge in [0.05, 0.1) is 0 Å². The van der Waals surface area contributed by atoms with E-state index in [-0.39, 0.29) is 0 Å². The first-order chi connectivity index (χ1) is 9.15. The van der Waals surface area contributed by atoms with Crippen molar-refractivity contribution < 1.29 is 0 Å². The Morgan fingerprint density at radius 2 is 2.16 bits per heavy atom. The zero-order valence-corrected chi connectivity index (χ0v) is 13.7. The number of alkyl halides is 1. The van der Waals surface area contributed by atoms with E-state index in [1.165, 1.54) is 21.6 Å². The van der Waals surface area contributed by atoms with Crippen LogP contribution in [0.5, 0.6) is 0 Å². The number of halogens is 1. The fourth-order valence-corrected chi connectivity index (χ4v) is 3.48. The van der Waals surface area contributed by atoms with E-state index in [1.54, 1.807) is 0 Å². The first kappa shape index (κ1) is 16.4. The van der Waals surface area contributed by atoms with Gasteiger partial charge in [0.2, 0.25) is 0 Å². The summed E-state index contributed by atoms with van der Waals surface area (Å²) in [6.07, 6.45) is 11.5. The highest BCUT2D eigenvalue weighted by atomic mass is 35.5. The van der Waals surface area contributed by atoms with Gasteiger partial charge in [0, 0.05) is 16.5 Å². The molecule has 0 saturated heterocycles. The number of rotatable bonds is 5. The third kappa shape index (κ3) is 4.43. The summed E-state index contributed by atoms with van der Waals surface area (Å²) in [5.41, 5.74) is 4.32. The molecule has 104 valence electrons. The lowest BCUT2D eigenvalue weighted by Crippen LogP contribution is -2.03. The lowest BCUT2D eigenvalue weighted by molar-refractivity contribution is 0.769. The Bertz CT molecular complexity index is 438. The van der Waals surface area contributed by atoms with Crippen molar-refractivity contribution in [2.24, 2.45) is 5.92 Å². The topological polar surface area (TPSA) is 0 Å². The molecule has 19 heavy (non-hydrogen) atoms. The molecule has 0 nitrogen and oxygen atoms in total. The molecule has 2 heteroatoms. The van der Waals surface area contributed by atoms with Gasteiger partial charge in [-0.25, -0.2) is 0 Å². The second-order valence-corrected chi connectivity index (χ2v) is 5.97. The molecule has 1 heterocycles. The molecule has 0 aromatic heterocycles. The molecule has 1 rings (SSSR count). The summed E-state index contributed by atoms with van der Waals surface area (Å²) in [4.78, 5) is 1.33. The molecule has 1 aliphatic rings. The summed E-state index contributed by atoms with van der Waals surface area (Å²) in [7, 11) is 0. The van der Waals surface area contributed by atoms with Gasteiger partial charge in [-0.2, -0.15) is 0 Å². The van der Waals surface area contributed by atoms with Crippen LogP contribution in [0.4, 0.5) is 0 Å². The van der Waals surface area contributed by atoms with Crippen LogP contribution in [-0.4, -0.2) is 11.6 Å². The molecule has 1 unspecified atom stereocenters. The predicted octanol–water partition coefficient (Wildman–Crippen LogP) is 5.89. The normalized spacial score (nSPS) is 21.6. The summed E-state index contributed by atoms with van der Waals surface area (Å²) < 4.78 is 0. The van der Waals surface area contributed by atoms with Gasteiger partial charge in [0.15, 0.2) is 0 Å². The largest absolute Gasteiger partial charge is 0.122 e. The summed E-state index contributed by atoms with van der Waals surface area (Å²) in [5.74, 6) is 2.04. The average Bonchev–Trinajstić information content (AvgIpc) is 2.53. The molecule has 0 saturated carbocycles. The van der Waals surface area contributed by atoms with Crippen LogP contribution in [0.2, 0.25) is 0 Å². The lowest BCUT2D eigenvalue weighted by Gasteiger charge is -2.17. The standard InChI is InChI=1S/C17H23ClS/c1-5-7-10-16-14(4)13(3)15(9-8-11-18)12-19-17(16)6-2/h5-9,14H,2,10-12H2,1,3-4H3/b7-5-,9-8-. The van der Waals surface area contributed by atoms with E-state index in [0.29, 0.717) is 11.8 Å². The average molecular weight is 295 g/mol. The molecule has 0 fully saturated rings. The number of allylic oxidation sites excluding steroid dienone is 7. The van der Waals surface area contributed by atoms with Gasteiger partial charge < -0.3 is 0 Å². The lowest BCUT2D eigenvalue weighted by atomic mass is 9.88. The smallest absolute Gasteiger partial charge is 0.0407 e. The Hall–Kier alpha value is -0.660. The number of hydrogen-bond acceptors (Lipinski definition) is 1. The molecule has 1 aliphatic heterocycles. The van der Waals surface area contributed by atoms with E-state index in [9.17, 15) is 0 Å². The minimum absolute atomic E-state index is 0.467. The van der Waals surface area contributed by atoms with Crippen molar-refractivity contribution in [2.75, 3.05) is 11.6 Å². The molecule has 0 spiro atoms. The zero-order valence-electron chi connectivity index (χ0n) is 12.1. The summed E-state index contributed by atoms with van der Waals surface area (Å²) in [5, 5.41) is 0. The van der Waals surface area contributed by atoms with Crippen LogP contribution in [0.3, 0.4) is 0 Å². The van der Waals surface area contributed by atoms with E-state index >= 15 is 0 Å². The highest BCUT2D eigenvalue weighted by molar-refractivity contribution is 8.03. The Balaban J connectivity index is 3.11. The SMILES string of the molecule is C=CC1=C(C/C=C\C)C(C)C(C)=C(/C=C\CCl)CS1. The fraction of sp³-hybridized carbons (Fsp3) is 0.412. The first-order valence-electron chi connectivity index (χ1n) is 6.67. The Morgan fingerprint density at radius 3 is 2.74 bits per heavy atom. The molecule has 0 bridgehead atoms. The van der Waals surface area contributed by atoms with E-state index in [4.69, 9.17) is 11.6 Å². The number of thioether (sulfide) groups is 1. The molecule has 0 N–H and O–H groups in total. The molecule has 0 aliphatic carbocycles. The van der Waals surface area contributed by atoms with E-state index in [0.717, 1.165) is 12.2 Å². The van der Waals surface area contributed by atoms with Crippen LogP contribution in [-0.2, 0) is 0 Å². The van der Waals surface area contributed by atoms with Crippen molar-refractivity contribution in [1.29, 1.82) is 0 Å². The van der Waals surface area contributed by atoms with E-state index in [2.05, 4.69) is 45.6 Å². The van der Waals surface area contributed by atoms with Gasteiger partial charge in [0.1, 0.15) is 0 Å². The van der Waals surface area contributed by atoms with Crippen molar-refractivity contribution in [3.63, 3.8) is 0 Å². The number of hydrogen-bond donors (Lipinski definition) is 0. The monoisotopic (exact) mass is 294 g/mol. The third-order valence-electron chi connectivity index (χ3n) is 3.55. The van der Waals surface area contributed by atoms with Gasteiger partial charge in [-0.3, -0.25) is 0 Å². The molecule has 0 aromatic rings. The molecular weight excluding hydrogens is 272 g/mol. The minimum Gasteiger partial charge on any atom is -0.122 e. The van der Waals surface area contributed by atoms with Crippen LogP contribution in [0, 0.1) is 5.92 Å². The van der Waals surface area contributed by atoms with Crippen LogP contribution >= 0.6 is 23.4 Å². The van der Waals surface area contributed by atoms with Crippen molar-refractivity contribution in [3.05, 3.63) is 58.6 Å². The predicted molar refractivity (Wildman–Crippen MR) is 90.8 cm³/mol. The quantitative estimate of drug-likeness (QED) is 0.450. The van der Waals surface area contributed by atoms with Gasteiger partial charge in [-0.05, 0) is 37.3 Å². The maximum atomic E-state index is 5.75. The maximum Gasteiger partial charge on any atom is 0.0407 e. The molecule has 0 aromatic carbocycles. The van der Waals surface area contributed by atoms with Crippen molar-refractivity contribution in [3.8, 4) is 0 Å². The Morgan fingerprint density at radius 1 is 1.42 bits per heavy atom. The first-order valence-corrected chi connectivity index (χ1v) is 8.19. The zero-order chi connectivity index (χ0) is 14.3.